The highest BCUT2D eigenvalue weighted by Crippen LogP contribution is 2.29. The number of carbonyl (C=O) groups excluding carboxylic acids is 1. The molecule has 98 valence electrons. The summed E-state index contributed by atoms with van der Waals surface area (Å²) in [7, 11) is 0. The minimum atomic E-state index is -0.861. The van der Waals surface area contributed by atoms with Gasteiger partial charge in [0, 0.05) is 12.6 Å². The molecule has 0 bridgehead atoms. The molecule has 0 saturated heterocycles. The van der Waals surface area contributed by atoms with Crippen molar-refractivity contribution in [1.29, 1.82) is 0 Å². The van der Waals surface area contributed by atoms with Crippen LogP contribution in [-0.4, -0.2) is 29.7 Å². The van der Waals surface area contributed by atoms with Gasteiger partial charge in [-0.3, -0.25) is 4.79 Å². The smallest absolute Gasteiger partial charge is 0.315 e. The molecule has 5 heteroatoms. The van der Waals surface area contributed by atoms with Gasteiger partial charge in [-0.05, 0) is 32.1 Å². The highest BCUT2D eigenvalue weighted by atomic mass is 16.4. The number of urea groups is 1. The average molecular weight is 242 g/mol. The summed E-state index contributed by atoms with van der Waals surface area (Å²) >= 11 is 0. The molecule has 0 aliphatic heterocycles. The molecule has 0 heterocycles. The molecule has 2 amide bonds. The molecule has 0 aromatic heterocycles. The van der Waals surface area contributed by atoms with Crippen molar-refractivity contribution >= 4 is 12.0 Å². The van der Waals surface area contributed by atoms with Crippen LogP contribution in [-0.2, 0) is 4.79 Å². The molecule has 1 rings (SSSR count). The first-order valence-corrected chi connectivity index (χ1v) is 6.31. The lowest BCUT2D eigenvalue weighted by Gasteiger charge is -2.31. The summed E-state index contributed by atoms with van der Waals surface area (Å²) in [5.74, 6) is -0.776. The standard InChI is InChI=1S/C12H22N2O3/c1-3-9(11(15)16)7-13-12(17)14-8(2)10-5-4-6-10/h8-10H,3-7H2,1-2H3,(H,15,16)(H2,13,14,17). The minimum Gasteiger partial charge on any atom is -0.481 e. The summed E-state index contributed by atoms with van der Waals surface area (Å²) in [6.07, 6.45) is 4.12. The summed E-state index contributed by atoms with van der Waals surface area (Å²) in [5.41, 5.74) is 0. The lowest BCUT2D eigenvalue weighted by Crippen LogP contribution is -2.47. The molecule has 1 aliphatic carbocycles. The zero-order chi connectivity index (χ0) is 12.8. The summed E-state index contributed by atoms with van der Waals surface area (Å²) in [4.78, 5) is 22.3. The number of hydrogen-bond acceptors (Lipinski definition) is 2. The first-order chi connectivity index (χ1) is 8.04. The van der Waals surface area contributed by atoms with Crippen LogP contribution < -0.4 is 10.6 Å². The Morgan fingerprint density at radius 1 is 1.41 bits per heavy atom. The predicted molar refractivity (Wildman–Crippen MR) is 64.8 cm³/mol. The van der Waals surface area contributed by atoms with Crippen LogP contribution in [0, 0.1) is 11.8 Å². The Bertz CT molecular complexity index is 277. The van der Waals surface area contributed by atoms with Crippen LogP contribution in [0.25, 0.3) is 0 Å². The van der Waals surface area contributed by atoms with Crippen LogP contribution in [0.5, 0.6) is 0 Å². The first kappa shape index (κ1) is 13.8. The zero-order valence-corrected chi connectivity index (χ0v) is 10.5. The van der Waals surface area contributed by atoms with Crippen LogP contribution in [0.15, 0.2) is 0 Å². The topological polar surface area (TPSA) is 78.4 Å². The van der Waals surface area contributed by atoms with Gasteiger partial charge in [-0.1, -0.05) is 13.3 Å². The fraction of sp³-hybridized carbons (Fsp3) is 0.833. The maximum atomic E-state index is 11.5. The van der Waals surface area contributed by atoms with Crippen molar-refractivity contribution in [2.45, 2.75) is 45.6 Å². The monoisotopic (exact) mass is 242 g/mol. The lowest BCUT2D eigenvalue weighted by molar-refractivity contribution is -0.141. The summed E-state index contributed by atoms with van der Waals surface area (Å²) < 4.78 is 0. The second kappa shape index (κ2) is 6.47. The molecule has 2 unspecified atom stereocenters. The Morgan fingerprint density at radius 3 is 2.47 bits per heavy atom. The van der Waals surface area contributed by atoms with Gasteiger partial charge in [-0.25, -0.2) is 4.79 Å². The SMILES string of the molecule is CCC(CNC(=O)NC(C)C1CCC1)C(=O)O. The van der Waals surface area contributed by atoms with Gasteiger partial charge < -0.3 is 15.7 Å². The van der Waals surface area contributed by atoms with Crippen LogP contribution >= 0.6 is 0 Å². The molecule has 1 aliphatic rings. The highest BCUT2D eigenvalue weighted by molar-refractivity contribution is 5.76. The normalized spacial score (nSPS) is 18.9. The van der Waals surface area contributed by atoms with Gasteiger partial charge in [0.05, 0.1) is 5.92 Å². The molecule has 0 aromatic carbocycles. The fourth-order valence-corrected chi connectivity index (χ4v) is 1.94. The Hall–Kier alpha value is -1.26. The summed E-state index contributed by atoms with van der Waals surface area (Å²) in [6.45, 7) is 3.99. The first-order valence-electron chi connectivity index (χ1n) is 6.31. The third-order valence-electron chi connectivity index (χ3n) is 3.57. The van der Waals surface area contributed by atoms with Gasteiger partial charge in [0.15, 0.2) is 0 Å². The predicted octanol–water partition coefficient (Wildman–Crippen LogP) is 1.58. The molecule has 17 heavy (non-hydrogen) atoms. The van der Waals surface area contributed by atoms with E-state index in [0.717, 1.165) is 0 Å². The molecule has 3 N–H and O–H groups in total. The molecule has 0 spiro atoms. The molecule has 2 atom stereocenters. The molecular weight excluding hydrogens is 220 g/mol. The minimum absolute atomic E-state index is 0.175. The van der Waals surface area contributed by atoms with Crippen molar-refractivity contribution in [3.8, 4) is 0 Å². The van der Waals surface area contributed by atoms with Gasteiger partial charge in [-0.15, -0.1) is 0 Å². The quantitative estimate of drug-likeness (QED) is 0.661. The van der Waals surface area contributed by atoms with Crippen LogP contribution in [0.3, 0.4) is 0 Å². The Labute approximate surface area is 102 Å². The number of aliphatic carboxylic acids is 1. The van der Waals surface area contributed by atoms with E-state index >= 15 is 0 Å². The van der Waals surface area contributed by atoms with Crippen LogP contribution in [0.1, 0.15) is 39.5 Å². The second-order valence-corrected chi connectivity index (χ2v) is 4.78. The van der Waals surface area contributed by atoms with Crippen molar-refractivity contribution in [3.63, 3.8) is 0 Å². The number of carbonyl (C=O) groups is 2. The Balaban J connectivity index is 2.21. The van der Waals surface area contributed by atoms with Crippen molar-refractivity contribution in [2.24, 2.45) is 11.8 Å². The zero-order valence-electron chi connectivity index (χ0n) is 10.5. The van der Waals surface area contributed by atoms with Gasteiger partial charge in [0.2, 0.25) is 0 Å². The summed E-state index contributed by atoms with van der Waals surface area (Å²) in [6, 6.07) is -0.0854. The molecule has 5 nitrogen and oxygen atoms in total. The fourth-order valence-electron chi connectivity index (χ4n) is 1.94. The average Bonchev–Trinajstić information content (AvgIpc) is 2.14. The van der Waals surface area contributed by atoms with Crippen molar-refractivity contribution in [1.82, 2.24) is 10.6 Å². The van der Waals surface area contributed by atoms with Crippen LogP contribution in [0.4, 0.5) is 4.79 Å². The lowest BCUT2D eigenvalue weighted by atomic mass is 9.80. The second-order valence-electron chi connectivity index (χ2n) is 4.78. The van der Waals surface area contributed by atoms with Gasteiger partial charge in [-0.2, -0.15) is 0 Å². The largest absolute Gasteiger partial charge is 0.481 e. The number of carboxylic acids is 1. The van der Waals surface area contributed by atoms with E-state index in [1.54, 1.807) is 6.92 Å². The Morgan fingerprint density at radius 2 is 2.06 bits per heavy atom. The maximum Gasteiger partial charge on any atom is 0.315 e. The number of hydrogen-bond donors (Lipinski definition) is 3. The van der Waals surface area contributed by atoms with E-state index < -0.39 is 11.9 Å². The Kier molecular flexibility index (Phi) is 5.25. The molecular formula is C12H22N2O3. The number of nitrogens with one attached hydrogen (secondary N) is 2. The number of amides is 2. The van der Waals surface area contributed by atoms with Crippen LogP contribution in [0.2, 0.25) is 0 Å². The van der Waals surface area contributed by atoms with E-state index in [1.165, 1.54) is 19.3 Å². The van der Waals surface area contributed by atoms with E-state index in [0.29, 0.717) is 12.3 Å². The van der Waals surface area contributed by atoms with Crippen molar-refractivity contribution < 1.29 is 14.7 Å². The van der Waals surface area contributed by atoms with Crippen molar-refractivity contribution in [2.75, 3.05) is 6.54 Å². The van der Waals surface area contributed by atoms with E-state index in [-0.39, 0.29) is 18.6 Å². The highest BCUT2D eigenvalue weighted by Gasteiger charge is 2.25. The van der Waals surface area contributed by atoms with Gasteiger partial charge >= 0.3 is 12.0 Å². The third kappa shape index (κ3) is 4.24. The van der Waals surface area contributed by atoms with E-state index in [1.807, 2.05) is 6.92 Å². The van der Waals surface area contributed by atoms with E-state index in [9.17, 15) is 9.59 Å². The molecule has 1 fully saturated rings. The summed E-state index contributed by atoms with van der Waals surface area (Å²) in [5, 5.41) is 14.3. The van der Waals surface area contributed by atoms with E-state index in [4.69, 9.17) is 5.11 Å². The molecule has 1 saturated carbocycles. The third-order valence-corrected chi connectivity index (χ3v) is 3.57. The molecule has 0 aromatic rings. The van der Waals surface area contributed by atoms with Gasteiger partial charge in [0.1, 0.15) is 0 Å². The number of carboxylic acid groups (broad SMARTS) is 1. The maximum absolute atomic E-state index is 11.5. The number of rotatable bonds is 6. The van der Waals surface area contributed by atoms with Crippen molar-refractivity contribution in [3.05, 3.63) is 0 Å². The van der Waals surface area contributed by atoms with Gasteiger partial charge in [0.25, 0.3) is 0 Å². The van der Waals surface area contributed by atoms with E-state index in [2.05, 4.69) is 10.6 Å². The molecule has 0 radical (unpaired) electrons.